The summed E-state index contributed by atoms with van der Waals surface area (Å²) in [5, 5.41) is 11.0. The second-order valence-corrected chi connectivity index (χ2v) is 1.79. The van der Waals surface area contributed by atoms with E-state index >= 15 is 0 Å². The first kappa shape index (κ1) is 5.90. The lowest BCUT2D eigenvalue weighted by Gasteiger charge is -1.92. The van der Waals surface area contributed by atoms with Gasteiger partial charge in [0.05, 0.1) is 0 Å². The van der Waals surface area contributed by atoms with Gasteiger partial charge >= 0.3 is 0 Å². The van der Waals surface area contributed by atoms with Crippen molar-refractivity contribution >= 4 is 0 Å². The highest BCUT2D eigenvalue weighted by Crippen LogP contribution is 1.92. The maximum Gasteiger partial charge on any atom is 0.179 e. The fraction of sp³-hybridized carbons (Fsp3) is 0. The molecule has 0 saturated heterocycles. The highest BCUT2D eigenvalue weighted by atomic mass is 15.6. The van der Waals surface area contributed by atoms with Crippen LogP contribution in [0.3, 0.4) is 0 Å². The molecule has 2 heterocycles. The summed E-state index contributed by atoms with van der Waals surface area (Å²) in [6.07, 6.45) is 4.40. The standard InChI is InChI=1S/C5H4N6/c1-2-6-3-7-5(1)11-9-4-8-10-11/h1-4H. The van der Waals surface area contributed by atoms with Gasteiger partial charge in [0.2, 0.25) is 0 Å². The molecule has 2 aromatic rings. The van der Waals surface area contributed by atoms with Crippen molar-refractivity contribution in [2.45, 2.75) is 0 Å². The smallest absolute Gasteiger partial charge is 0.179 e. The Morgan fingerprint density at radius 3 is 2.91 bits per heavy atom. The van der Waals surface area contributed by atoms with Crippen LogP contribution < -0.4 is 0 Å². The quantitative estimate of drug-likeness (QED) is 0.542. The maximum atomic E-state index is 3.91. The minimum absolute atomic E-state index is 0.609. The van der Waals surface area contributed by atoms with Gasteiger partial charge in [0.15, 0.2) is 12.1 Å². The molecule has 0 bridgehead atoms. The minimum atomic E-state index is 0.609. The molecule has 6 heteroatoms. The molecular formula is C5H4N6. The van der Waals surface area contributed by atoms with Gasteiger partial charge in [-0.2, -0.15) is 0 Å². The minimum Gasteiger partial charge on any atom is -0.245 e. The molecule has 2 aromatic heterocycles. The molecule has 0 unspecified atom stereocenters. The Hall–Kier alpha value is -1.85. The average molecular weight is 148 g/mol. The van der Waals surface area contributed by atoms with Crippen molar-refractivity contribution in [2.24, 2.45) is 0 Å². The summed E-state index contributed by atoms with van der Waals surface area (Å²) < 4.78 is 0. The lowest BCUT2D eigenvalue weighted by molar-refractivity contribution is 0.697. The summed E-state index contributed by atoms with van der Waals surface area (Å²) >= 11 is 0. The van der Waals surface area contributed by atoms with Crippen molar-refractivity contribution in [3.05, 3.63) is 24.9 Å². The van der Waals surface area contributed by atoms with Gasteiger partial charge in [-0.25, -0.2) is 9.97 Å². The van der Waals surface area contributed by atoms with Crippen molar-refractivity contribution in [1.82, 2.24) is 30.2 Å². The number of nitrogens with zero attached hydrogens (tertiary/aromatic N) is 6. The molecule has 0 N–H and O–H groups in total. The average Bonchev–Trinajstić information content (AvgIpc) is 2.58. The van der Waals surface area contributed by atoms with E-state index in [4.69, 9.17) is 0 Å². The Kier molecular flexibility index (Phi) is 1.29. The van der Waals surface area contributed by atoms with Gasteiger partial charge in [-0.05, 0) is 5.21 Å². The molecular weight excluding hydrogens is 144 g/mol. The summed E-state index contributed by atoms with van der Waals surface area (Å²) in [7, 11) is 0. The van der Waals surface area contributed by atoms with E-state index in [0.717, 1.165) is 0 Å². The van der Waals surface area contributed by atoms with Crippen LogP contribution >= 0.6 is 0 Å². The fourth-order valence-electron chi connectivity index (χ4n) is 0.674. The molecule has 11 heavy (non-hydrogen) atoms. The van der Waals surface area contributed by atoms with E-state index < -0.39 is 0 Å². The zero-order chi connectivity index (χ0) is 7.52. The summed E-state index contributed by atoms with van der Waals surface area (Å²) in [5.74, 6) is 0.609. The van der Waals surface area contributed by atoms with Crippen LogP contribution in [0.5, 0.6) is 0 Å². The molecule has 0 atom stereocenters. The normalized spacial score (nSPS) is 9.82. The van der Waals surface area contributed by atoms with E-state index in [1.165, 1.54) is 17.5 Å². The molecule has 6 nitrogen and oxygen atoms in total. The zero-order valence-corrected chi connectivity index (χ0v) is 5.49. The molecule has 54 valence electrons. The maximum absolute atomic E-state index is 3.91. The van der Waals surface area contributed by atoms with Gasteiger partial charge in [0, 0.05) is 12.3 Å². The Balaban J connectivity index is 2.46. The van der Waals surface area contributed by atoms with Crippen LogP contribution in [0, 0.1) is 0 Å². The Labute approximate surface area is 61.9 Å². The van der Waals surface area contributed by atoms with Crippen molar-refractivity contribution in [3.63, 3.8) is 0 Å². The molecule has 0 radical (unpaired) electrons. The Bertz CT molecular complexity index is 314. The van der Waals surface area contributed by atoms with Crippen molar-refractivity contribution in [2.75, 3.05) is 0 Å². The third-order valence-electron chi connectivity index (χ3n) is 1.12. The fourth-order valence-corrected chi connectivity index (χ4v) is 0.674. The summed E-state index contributed by atoms with van der Waals surface area (Å²) in [5.41, 5.74) is 0. The van der Waals surface area contributed by atoms with E-state index in [1.807, 2.05) is 0 Å². The number of aromatic nitrogens is 6. The van der Waals surface area contributed by atoms with E-state index in [9.17, 15) is 0 Å². The third-order valence-corrected chi connectivity index (χ3v) is 1.12. The SMILES string of the molecule is c1cc(-n2ncnn2)ncn1. The Morgan fingerprint density at radius 1 is 1.27 bits per heavy atom. The number of hydrogen-bond acceptors (Lipinski definition) is 5. The molecule has 2 rings (SSSR count). The van der Waals surface area contributed by atoms with Gasteiger partial charge in [0.1, 0.15) is 6.33 Å². The predicted molar refractivity (Wildman–Crippen MR) is 34.7 cm³/mol. The van der Waals surface area contributed by atoms with Gasteiger partial charge in [-0.3, -0.25) is 0 Å². The van der Waals surface area contributed by atoms with Crippen LogP contribution in [0.25, 0.3) is 5.82 Å². The van der Waals surface area contributed by atoms with Crippen LogP contribution in [0.2, 0.25) is 0 Å². The van der Waals surface area contributed by atoms with E-state index in [0.29, 0.717) is 5.82 Å². The molecule has 0 aromatic carbocycles. The first-order valence-corrected chi connectivity index (χ1v) is 2.96. The summed E-state index contributed by atoms with van der Waals surface area (Å²) in [6.45, 7) is 0. The first-order chi connectivity index (χ1) is 5.47. The van der Waals surface area contributed by atoms with Gasteiger partial charge in [-0.1, -0.05) is 0 Å². The van der Waals surface area contributed by atoms with Crippen LogP contribution in [0.1, 0.15) is 0 Å². The largest absolute Gasteiger partial charge is 0.245 e. The predicted octanol–water partition coefficient (Wildman–Crippen LogP) is -0.548. The lowest BCUT2D eigenvalue weighted by Crippen LogP contribution is -2.01. The highest BCUT2D eigenvalue weighted by molar-refractivity contribution is 5.13. The van der Waals surface area contributed by atoms with Gasteiger partial charge < -0.3 is 0 Å². The van der Waals surface area contributed by atoms with Crippen LogP contribution in [0.15, 0.2) is 24.9 Å². The zero-order valence-electron chi connectivity index (χ0n) is 5.49. The molecule has 0 spiro atoms. The van der Waals surface area contributed by atoms with Crippen molar-refractivity contribution < 1.29 is 0 Å². The molecule has 0 fully saturated rings. The lowest BCUT2D eigenvalue weighted by atomic mass is 10.6. The molecule has 0 aliphatic rings. The number of rotatable bonds is 1. The van der Waals surface area contributed by atoms with E-state index in [1.54, 1.807) is 12.3 Å². The van der Waals surface area contributed by atoms with Gasteiger partial charge in [0.25, 0.3) is 0 Å². The second kappa shape index (κ2) is 2.41. The van der Waals surface area contributed by atoms with Crippen LogP contribution in [-0.4, -0.2) is 30.2 Å². The molecule has 0 saturated carbocycles. The van der Waals surface area contributed by atoms with Crippen LogP contribution in [-0.2, 0) is 0 Å². The second-order valence-electron chi connectivity index (χ2n) is 1.79. The third kappa shape index (κ3) is 1.05. The van der Waals surface area contributed by atoms with Crippen molar-refractivity contribution in [3.8, 4) is 5.82 Å². The van der Waals surface area contributed by atoms with Crippen LogP contribution in [0.4, 0.5) is 0 Å². The summed E-state index contributed by atoms with van der Waals surface area (Å²) in [4.78, 5) is 8.98. The topological polar surface area (TPSA) is 69.4 Å². The van der Waals surface area contributed by atoms with Gasteiger partial charge in [-0.15, -0.1) is 15.0 Å². The van der Waals surface area contributed by atoms with E-state index in [-0.39, 0.29) is 0 Å². The highest BCUT2D eigenvalue weighted by Gasteiger charge is 1.95. The monoisotopic (exact) mass is 148 g/mol. The Morgan fingerprint density at radius 2 is 2.27 bits per heavy atom. The number of hydrogen-bond donors (Lipinski definition) is 0. The molecule has 0 aliphatic heterocycles. The molecule has 0 amide bonds. The first-order valence-electron chi connectivity index (χ1n) is 2.96. The number of tetrazole rings is 1. The summed E-state index contributed by atoms with van der Waals surface area (Å²) in [6, 6.07) is 1.70. The molecule has 0 aliphatic carbocycles. The van der Waals surface area contributed by atoms with Crippen molar-refractivity contribution in [1.29, 1.82) is 0 Å². The van der Waals surface area contributed by atoms with E-state index in [2.05, 4.69) is 25.4 Å².